The van der Waals surface area contributed by atoms with E-state index in [9.17, 15) is 4.79 Å². The van der Waals surface area contributed by atoms with Crippen molar-refractivity contribution < 1.29 is 9.53 Å². The summed E-state index contributed by atoms with van der Waals surface area (Å²) in [4.78, 5) is 13.9. The Morgan fingerprint density at radius 2 is 1.55 bits per heavy atom. The van der Waals surface area contributed by atoms with Crippen LogP contribution in [0.4, 0.5) is 0 Å². The Bertz CT molecular complexity index is 543. The summed E-state index contributed by atoms with van der Waals surface area (Å²) in [6, 6.07) is 20.5. The first-order valence-corrected chi connectivity index (χ1v) is 6.74. The second-order valence-corrected chi connectivity index (χ2v) is 4.96. The zero-order valence-corrected chi connectivity index (χ0v) is 11.4. The number of benzene rings is 2. The summed E-state index contributed by atoms with van der Waals surface area (Å²) in [5, 5.41) is 0. The lowest BCUT2D eigenvalue weighted by Crippen LogP contribution is -2.19. The van der Waals surface area contributed by atoms with Crippen LogP contribution in [0, 0.1) is 0 Å². The molecule has 1 aliphatic rings. The van der Waals surface area contributed by atoms with E-state index < -0.39 is 0 Å². The molecule has 0 bridgehead atoms. The third kappa shape index (κ3) is 2.45. The Labute approximate surface area is 118 Å². The Kier molecular flexibility index (Phi) is 3.52. The quantitative estimate of drug-likeness (QED) is 0.630. The van der Waals surface area contributed by atoms with Gasteiger partial charge in [0, 0.05) is 6.54 Å². The van der Waals surface area contributed by atoms with Crippen LogP contribution in [0.3, 0.4) is 0 Å². The predicted octanol–water partition coefficient (Wildman–Crippen LogP) is 2.63. The van der Waals surface area contributed by atoms with Gasteiger partial charge in [0.15, 0.2) is 0 Å². The molecule has 0 aliphatic carbocycles. The summed E-state index contributed by atoms with van der Waals surface area (Å²) in [6.07, 6.45) is 0. The van der Waals surface area contributed by atoms with Crippen molar-refractivity contribution in [3.63, 3.8) is 0 Å². The fraction of sp³-hybridized carbons (Fsp3) is 0.235. The molecule has 1 saturated heterocycles. The average Bonchev–Trinajstić information content (AvgIpc) is 3.29. The predicted molar refractivity (Wildman–Crippen MR) is 77.2 cm³/mol. The number of nitrogens with zero attached hydrogens (tertiary/aromatic N) is 1. The van der Waals surface area contributed by atoms with Crippen molar-refractivity contribution in [1.29, 1.82) is 0 Å². The van der Waals surface area contributed by atoms with Crippen molar-refractivity contribution in [3.05, 3.63) is 71.8 Å². The number of carbonyl (C=O) groups is 1. The summed E-state index contributed by atoms with van der Waals surface area (Å²) >= 11 is 0. The van der Waals surface area contributed by atoms with E-state index in [4.69, 9.17) is 4.74 Å². The average molecular weight is 267 g/mol. The lowest BCUT2D eigenvalue weighted by molar-refractivity contribution is -0.141. The first-order chi connectivity index (χ1) is 9.81. The number of rotatable bonds is 4. The van der Waals surface area contributed by atoms with Crippen molar-refractivity contribution in [2.24, 2.45) is 0 Å². The molecule has 0 saturated carbocycles. The van der Waals surface area contributed by atoms with Crippen LogP contribution in [0.1, 0.15) is 17.2 Å². The van der Waals surface area contributed by atoms with E-state index >= 15 is 0 Å². The van der Waals surface area contributed by atoms with Gasteiger partial charge in [0.05, 0.1) is 13.2 Å². The van der Waals surface area contributed by atoms with Crippen molar-refractivity contribution >= 4 is 5.97 Å². The van der Waals surface area contributed by atoms with E-state index in [-0.39, 0.29) is 18.1 Å². The molecule has 2 aromatic rings. The fourth-order valence-electron chi connectivity index (χ4n) is 2.63. The number of ether oxygens (including phenoxy) is 1. The third-order valence-electron chi connectivity index (χ3n) is 3.69. The maximum absolute atomic E-state index is 11.7. The van der Waals surface area contributed by atoms with Gasteiger partial charge in [0.25, 0.3) is 0 Å². The van der Waals surface area contributed by atoms with Gasteiger partial charge < -0.3 is 4.74 Å². The van der Waals surface area contributed by atoms with Gasteiger partial charge >= 0.3 is 5.97 Å². The van der Waals surface area contributed by atoms with Crippen molar-refractivity contribution in [2.75, 3.05) is 13.7 Å². The Morgan fingerprint density at radius 1 is 1.05 bits per heavy atom. The largest absolute Gasteiger partial charge is 0.468 e. The van der Waals surface area contributed by atoms with E-state index in [1.807, 2.05) is 36.4 Å². The standard InChI is InChI=1S/C17H17NO2/c1-20-17(19)15-12-18(15)16(13-8-4-2-5-9-13)14-10-6-3-7-11-14/h2-11,15-16H,12H2,1H3/t15-,18?/m1/s1. The molecule has 0 N–H and O–H groups in total. The summed E-state index contributed by atoms with van der Waals surface area (Å²) in [6.45, 7) is 0.751. The lowest BCUT2D eigenvalue weighted by atomic mass is 9.98. The molecule has 0 aromatic heterocycles. The maximum atomic E-state index is 11.7. The van der Waals surface area contributed by atoms with E-state index in [0.29, 0.717) is 0 Å². The zero-order valence-electron chi connectivity index (χ0n) is 11.4. The number of hydrogen-bond acceptors (Lipinski definition) is 3. The highest BCUT2D eigenvalue weighted by molar-refractivity contribution is 5.79. The second-order valence-electron chi connectivity index (χ2n) is 4.96. The van der Waals surface area contributed by atoms with Crippen LogP contribution in [-0.2, 0) is 9.53 Å². The van der Waals surface area contributed by atoms with Gasteiger partial charge in [-0.3, -0.25) is 9.69 Å². The molecule has 1 heterocycles. The lowest BCUT2D eigenvalue weighted by Gasteiger charge is -2.20. The molecule has 1 fully saturated rings. The first-order valence-electron chi connectivity index (χ1n) is 6.74. The van der Waals surface area contributed by atoms with Crippen LogP contribution in [0.25, 0.3) is 0 Å². The summed E-state index contributed by atoms with van der Waals surface area (Å²) in [5.74, 6) is -0.151. The minimum Gasteiger partial charge on any atom is -0.468 e. The summed E-state index contributed by atoms with van der Waals surface area (Å²) in [5.41, 5.74) is 2.40. The van der Waals surface area contributed by atoms with E-state index in [1.165, 1.54) is 18.2 Å². The summed E-state index contributed by atoms with van der Waals surface area (Å²) < 4.78 is 4.85. The molecule has 3 nitrogen and oxygen atoms in total. The van der Waals surface area contributed by atoms with Gasteiger partial charge in [-0.1, -0.05) is 60.7 Å². The first kappa shape index (κ1) is 12.9. The molecule has 1 unspecified atom stereocenters. The normalized spacial score (nSPS) is 20.7. The monoisotopic (exact) mass is 267 g/mol. The molecular weight excluding hydrogens is 250 g/mol. The van der Waals surface area contributed by atoms with Crippen LogP contribution in [0.5, 0.6) is 0 Å². The van der Waals surface area contributed by atoms with E-state index in [0.717, 1.165) is 6.54 Å². The molecule has 0 radical (unpaired) electrons. The number of carbonyl (C=O) groups excluding carboxylic acids is 1. The molecule has 0 amide bonds. The Balaban J connectivity index is 1.92. The van der Waals surface area contributed by atoms with Gasteiger partial charge in [-0.05, 0) is 11.1 Å². The molecule has 20 heavy (non-hydrogen) atoms. The fourth-order valence-corrected chi connectivity index (χ4v) is 2.63. The van der Waals surface area contributed by atoms with Gasteiger partial charge in [0.1, 0.15) is 6.04 Å². The van der Waals surface area contributed by atoms with Gasteiger partial charge in [0.2, 0.25) is 0 Å². The van der Waals surface area contributed by atoms with Crippen LogP contribution in [0.15, 0.2) is 60.7 Å². The molecule has 3 heteroatoms. The smallest absolute Gasteiger partial charge is 0.324 e. The van der Waals surface area contributed by atoms with Crippen LogP contribution < -0.4 is 0 Å². The Hall–Kier alpha value is -2.13. The van der Waals surface area contributed by atoms with Gasteiger partial charge in [-0.15, -0.1) is 0 Å². The molecule has 2 atom stereocenters. The SMILES string of the molecule is COC(=O)[C@H]1CN1C(c1ccccc1)c1ccccc1. The van der Waals surface area contributed by atoms with Crippen molar-refractivity contribution in [1.82, 2.24) is 4.90 Å². The second kappa shape index (κ2) is 5.47. The van der Waals surface area contributed by atoms with Gasteiger partial charge in [-0.25, -0.2) is 0 Å². The number of methoxy groups -OCH3 is 1. The van der Waals surface area contributed by atoms with Crippen LogP contribution in [0.2, 0.25) is 0 Å². The number of hydrogen-bond donors (Lipinski definition) is 0. The summed E-state index contributed by atoms with van der Waals surface area (Å²) in [7, 11) is 1.44. The van der Waals surface area contributed by atoms with Crippen LogP contribution in [-0.4, -0.2) is 30.6 Å². The van der Waals surface area contributed by atoms with Crippen LogP contribution >= 0.6 is 0 Å². The third-order valence-corrected chi connectivity index (χ3v) is 3.69. The van der Waals surface area contributed by atoms with E-state index in [2.05, 4.69) is 29.2 Å². The minimum absolute atomic E-state index is 0.112. The Morgan fingerprint density at radius 3 is 2.00 bits per heavy atom. The maximum Gasteiger partial charge on any atom is 0.324 e. The highest BCUT2D eigenvalue weighted by Crippen LogP contribution is 2.37. The molecule has 102 valence electrons. The number of esters is 1. The molecule has 3 rings (SSSR count). The highest BCUT2D eigenvalue weighted by Gasteiger charge is 2.46. The molecule has 2 aromatic carbocycles. The topological polar surface area (TPSA) is 29.3 Å². The zero-order chi connectivity index (χ0) is 13.9. The van der Waals surface area contributed by atoms with Crippen molar-refractivity contribution in [2.45, 2.75) is 12.1 Å². The molecular formula is C17H17NO2. The molecule has 1 aliphatic heterocycles. The highest BCUT2D eigenvalue weighted by atomic mass is 16.5. The van der Waals surface area contributed by atoms with E-state index in [1.54, 1.807) is 0 Å². The minimum atomic E-state index is -0.151. The van der Waals surface area contributed by atoms with Gasteiger partial charge in [-0.2, -0.15) is 0 Å². The molecule has 0 spiro atoms. The van der Waals surface area contributed by atoms with Crippen molar-refractivity contribution in [3.8, 4) is 0 Å².